The number of sulfonamides is 1. The van der Waals surface area contributed by atoms with Crippen LogP contribution in [0.5, 0.6) is 0 Å². The lowest BCUT2D eigenvalue weighted by Crippen LogP contribution is -2.34. The second kappa shape index (κ2) is 6.53. The number of anilines is 1. The third-order valence-electron chi connectivity index (χ3n) is 2.52. The summed E-state index contributed by atoms with van der Waals surface area (Å²) in [4.78, 5) is 11.3. The molecule has 106 valence electrons. The highest BCUT2D eigenvalue weighted by Crippen LogP contribution is 2.15. The molecule has 0 unspecified atom stereocenters. The normalized spacial score (nSPS) is 11.5. The second-order valence-electron chi connectivity index (χ2n) is 4.02. The molecule has 7 heteroatoms. The fraction of sp³-hybridized carbons (Fsp3) is 0.417. The Balaban J connectivity index is 2.76. The van der Waals surface area contributed by atoms with Gasteiger partial charge in [-0.3, -0.25) is 4.79 Å². The number of ether oxygens (including phenoxy) is 1. The number of rotatable bonds is 6. The monoisotopic (exact) mass is 286 g/mol. The van der Waals surface area contributed by atoms with Gasteiger partial charge in [0.15, 0.2) is 0 Å². The van der Waals surface area contributed by atoms with Crippen molar-refractivity contribution in [2.75, 3.05) is 25.9 Å². The van der Waals surface area contributed by atoms with Crippen molar-refractivity contribution < 1.29 is 17.9 Å². The van der Waals surface area contributed by atoms with Crippen molar-refractivity contribution in [1.29, 1.82) is 0 Å². The third kappa shape index (κ3) is 4.53. The van der Waals surface area contributed by atoms with Gasteiger partial charge in [-0.1, -0.05) is 18.2 Å². The van der Waals surface area contributed by atoms with E-state index in [2.05, 4.69) is 0 Å². The van der Waals surface area contributed by atoms with Gasteiger partial charge in [0.1, 0.15) is 6.54 Å². The van der Waals surface area contributed by atoms with E-state index in [0.717, 1.165) is 4.31 Å². The maximum absolute atomic E-state index is 12.1. The lowest BCUT2D eigenvalue weighted by atomic mass is 10.2. The molecule has 0 amide bonds. The molecule has 2 N–H and O–H groups in total. The fourth-order valence-corrected chi connectivity index (χ4v) is 2.64. The van der Waals surface area contributed by atoms with E-state index in [1.165, 1.54) is 7.05 Å². The Hall–Kier alpha value is -1.60. The number of nitrogens with two attached hydrogens (primary N) is 1. The summed E-state index contributed by atoms with van der Waals surface area (Å²) in [6, 6.07) is 6.72. The molecule has 0 aliphatic carbocycles. The minimum atomic E-state index is -3.60. The fourth-order valence-electron chi connectivity index (χ4n) is 1.46. The quantitative estimate of drug-likeness (QED) is 0.610. The number of nitrogens with zero attached hydrogens (tertiary/aromatic N) is 1. The van der Waals surface area contributed by atoms with Crippen LogP contribution < -0.4 is 5.73 Å². The molecule has 0 saturated carbocycles. The van der Waals surface area contributed by atoms with E-state index >= 15 is 0 Å². The van der Waals surface area contributed by atoms with Crippen molar-refractivity contribution in [2.24, 2.45) is 0 Å². The minimum Gasteiger partial charge on any atom is -0.465 e. The highest BCUT2D eigenvalue weighted by Gasteiger charge is 2.22. The lowest BCUT2D eigenvalue weighted by Gasteiger charge is -2.16. The van der Waals surface area contributed by atoms with Crippen LogP contribution >= 0.6 is 0 Å². The molecule has 0 radical (unpaired) electrons. The Kier molecular flexibility index (Phi) is 5.31. The molecule has 19 heavy (non-hydrogen) atoms. The average Bonchev–Trinajstić information content (AvgIpc) is 2.32. The molecule has 6 nitrogen and oxygen atoms in total. The number of hydrogen-bond donors (Lipinski definition) is 1. The number of para-hydroxylation sites is 1. The summed E-state index contributed by atoms with van der Waals surface area (Å²) in [5.74, 6) is -0.815. The maximum Gasteiger partial charge on any atom is 0.321 e. The first-order valence-corrected chi connectivity index (χ1v) is 7.40. The first-order chi connectivity index (χ1) is 8.86. The van der Waals surface area contributed by atoms with Crippen LogP contribution in [0.4, 0.5) is 5.69 Å². The molecule has 0 saturated heterocycles. The van der Waals surface area contributed by atoms with E-state index < -0.39 is 16.0 Å². The van der Waals surface area contributed by atoms with E-state index in [0.29, 0.717) is 11.3 Å². The van der Waals surface area contributed by atoms with Gasteiger partial charge in [-0.2, -0.15) is 4.31 Å². The van der Waals surface area contributed by atoms with E-state index in [-0.39, 0.29) is 18.9 Å². The van der Waals surface area contributed by atoms with Crippen molar-refractivity contribution in [3.8, 4) is 0 Å². The van der Waals surface area contributed by atoms with Crippen molar-refractivity contribution in [1.82, 2.24) is 4.31 Å². The Bertz CT molecular complexity index is 542. The SMILES string of the molecule is CCOC(=O)CN(C)S(=O)(=O)Cc1ccccc1N. The van der Waals surface area contributed by atoms with E-state index in [9.17, 15) is 13.2 Å². The van der Waals surface area contributed by atoms with Crippen LogP contribution in [-0.4, -0.2) is 38.9 Å². The van der Waals surface area contributed by atoms with Crippen LogP contribution in [0, 0.1) is 0 Å². The van der Waals surface area contributed by atoms with Gasteiger partial charge in [0.25, 0.3) is 0 Å². The first-order valence-electron chi connectivity index (χ1n) is 5.80. The standard InChI is InChI=1S/C12H18N2O4S/c1-3-18-12(15)8-14(2)19(16,17)9-10-6-4-5-7-11(10)13/h4-7H,3,8-9,13H2,1-2H3. The predicted octanol–water partition coefficient (Wildman–Crippen LogP) is 0.594. The summed E-state index contributed by atoms with van der Waals surface area (Å²) in [7, 11) is -2.26. The predicted molar refractivity (Wildman–Crippen MR) is 72.7 cm³/mol. The summed E-state index contributed by atoms with van der Waals surface area (Å²) in [5, 5.41) is 0. The first kappa shape index (κ1) is 15.5. The van der Waals surface area contributed by atoms with Crippen molar-refractivity contribution >= 4 is 21.7 Å². The summed E-state index contributed by atoms with van der Waals surface area (Å²) >= 11 is 0. The molecule has 0 heterocycles. The molecule has 0 spiro atoms. The van der Waals surface area contributed by atoms with Crippen molar-refractivity contribution in [3.63, 3.8) is 0 Å². The zero-order valence-electron chi connectivity index (χ0n) is 11.0. The molecular weight excluding hydrogens is 268 g/mol. The van der Waals surface area contributed by atoms with Gasteiger partial charge >= 0.3 is 5.97 Å². The van der Waals surface area contributed by atoms with Crippen LogP contribution in [0.15, 0.2) is 24.3 Å². The van der Waals surface area contributed by atoms with E-state index in [1.54, 1.807) is 31.2 Å². The Labute approximate surface area is 113 Å². The average molecular weight is 286 g/mol. The zero-order chi connectivity index (χ0) is 14.5. The van der Waals surface area contributed by atoms with Crippen LogP contribution in [0.1, 0.15) is 12.5 Å². The number of carbonyl (C=O) groups is 1. The van der Waals surface area contributed by atoms with Gasteiger partial charge in [-0.25, -0.2) is 8.42 Å². The van der Waals surface area contributed by atoms with Crippen LogP contribution in [-0.2, 0) is 25.3 Å². The number of likely N-dealkylation sites (N-methyl/N-ethyl adjacent to an activating group) is 1. The Morgan fingerprint density at radius 1 is 1.37 bits per heavy atom. The van der Waals surface area contributed by atoms with Crippen molar-refractivity contribution in [3.05, 3.63) is 29.8 Å². The Morgan fingerprint density at radius 2 is 2.00 bits per heavy atom. The number of nitrogen functional groups attached to an aromatic ring is 1. The summed E-state index contributed by atoms with van der Waals surface area (Å²) in [5.41, 5.74) is 6.63. The van der Waals surface area contributed by atoms with Crippen LogP contribution in [0.3, 0.4) is 0 Å². The van der Waals surface area contributed by atoms with Gasteiger partial charge in [-0.05, 0) is 18.6 Å². The van der Waals surface area contributed by atoms with Gasteiger partial charge in [-0.15, -0.1) is 0 Å². The van der Waals surface area contributed by atoms with Gasteiger partial charge in [0, 0.05) is 12.7 Å². The molecule has 0 bridgehead atoms. The maximum atomic E-state index is 12.1. The molecule has 0 aliphatic heterocycles. The van der Waals surface area contributed by atoms with E-state index in [4.69, 9.17) is 10.5 Å². The summed E-state index contributed by atoms with van der Waals surface area (Å²) in [6.07, 6.45) is 0. The molecule has 0 atom stereocenters. The lowest BCUT2D eigenvalue weighted by molar-refractivity contribution is -0.143. The third-order valence-corrected chi connectivity index (χ3v) is 4.28. The smallest absolute Gasteiger partial charge is 0.321 e. The molecule has 1 aromatic carbocycles. The number of esters is 1. The topological polar surface area (TPSA) is 89.7 Å². The van der Waals surface area contributed by atoms with Gasteiger partial charge in [0.2, 0.25) is 10.0 Å². The van der Waals surface area contributed by atoms with Crippen molar-refractivity contribution in [2.45, 2.75) is 12.7 Å². The molecular formula is C12H18N2O4S. The molecule has 0 aromatic heterocycles. The van der Waals surface area contributed by atoms with E-state index in [1.807, 2.05) is 0 Å². The highest BCUT2D eigenvalue weighted by atomic mass is 32.2. The number of hydrogen-bond acceptors (Lipinski definition) is 5. The number of carbonyl (C=O) groups excluding carboxylic acids is 1. The van der Waals surface area contributed by atoms with Gasteiger partial charge < -0.3 is 10.5 Å². The van der Waals surface area contributed by atoms with Crippen LogP contribution in [0.25, 0.3) is 0 Å². The summed E-state index contributed by atoms with van der Waals surface area (Å²) < 4.78 is 29.8. The molecule has 0 aliphatic rings. The van der Waals surface area contributed by atoms with Crippen LogP contribution in [0.2, 0.25) is 0 Å². The Morgan fingerprint density at radius 3 is 2.58 bits per heavy atom. The molecule has 0 fully saturated rings. The zero-order valence-corrected chi connectivity index (χ0v) is 11.8. The molecule has 1 aromatic rings. The number of benzene rings is 1. The highest BCUT2D eigenvalue weighted by molar-refractivity contribution is 7.88. The second-order valence-corrected chi connectivity index (χ2v) is 6.09. The minimum absolute atomic E-state index is 0.221. The van der Waals surface area contributed by atoms with Gasteiger partial charge in [0.05, 0.1) is 12.4 Å². The largest absolute Gasteiger partial charge is 0.465 e. The summed E-state index contributed by atoms with van der Waals surface area (Å²) in [6.45, 7) is 1.58. The molecule has 1 rings (SSSR count).